The maximum Gasteiger partial charge on any atom is 0.224 e. The number of aromatic nitrogens is 1. The maximum absolute atomic E-state index is 13.1. The predicted molar refractivity (Wildman–Crippen MR) is 103 cm³/mol. The molecule has 26 heavy (non-hydrogen) atoms. The third-order valence-corrected chi connectivity index (χ3v) is 4.38. The molecule has 0 spiro atoms. The van der Waals surface area contributed by atoms with Gasteiger partial charge in [-0.3, -0.25) is 9.79 Å². The molecule has 0 unspecified atom stereocenters. The van der Waals surface area contributed by atoms with Gasteiger partial charge in [0.25, 0.3) is 0 Å². The third kappa shape index (κ3) is 7.18. The van der Waals surface area contributed by atoms with Crippen molar-refractivity contribution in [2.24, 2.45) is 4.99 Å². The van der Waals surface area contributed by atoms with Crippen molar-refractivity contribution in [1.82, 2.24) is 20.9 Å². The van der Waals surface area contributed by atoms with E-state index in [0.717, 1.165) is 23.7 Å². The lowest BCUT2D eigenvalue weighted by Crippen LogP contribution is -2.42. The number of carbonyl (C=O) groups is 1. The highest BCUT2D eigenvalue weighted by Crippen LogP contribution is 2.07. The smallest absolute Gasteiger partial charge is 0.224 e. The molecule has 8 heteroatoms. The first-order valence-electron chi connectivity index (χ1n) is 8.43. The van der Waals surface area contributed by atoms with Gasteiger partial charge < -0.3 is 16.0 Å². The van der Waals surface area contributed by atoms with E-state index in [-0.39, 0.29) is 18.1 Å². The Morgan fingerprint density at radius 3 is 2.69 bits per heavy atom. The van der Waals surface area contributed by atoms with Gasteiger partial charge in [-0.15, -0.1) is 11.3 Å². The summed E-state index contributed by atoms with van der Waals surface area (Å²) in [5.74, 6) is 0.204. The SMILES string of the molecule is CN=C(NCCNC(=O)Cc1cccc(F)c1)NCCc1csc(C)n1. The van der Waals surface area contributed by atoms with Crippen molar-refractivity contribution < 1.29 is 9.18 Å². The number of amides is 1. The summed E-state index contributed by atoms with van der Waals surface area (Å²) in [6.45, 7) is 3.73. The van der Waals surface area contributed by atoms with Crippen LogP contribution in [-0.4, -0.2) is 43.5 Å². The standard InChI is InChI=1S/C18H24FN5OS/c1-13-24-16(12-26-13)6-7-22-18(20-2)23-9-8-21-17(25)11-14-4-3-5-15(19)10-14/h3-5,10,12H,6-9,11H2,1-2H3,(H,21,25)(H2,20,22,23). The fraction of sp³-hybridized carbons (Fsp3) is 0.389. The minimum Gasteiger partial charge on any atom is -0.356 e. The lowest BCUT2D eigenvalue weighted by atomic mass is 10.1. The van der Waals surface area contributed by atoms with Crippen LogP contribution in [0.15, 0.2) is 34.6 Å². The summed E-state index contributed by atoms with van der Waals surface area (Å²) in [5, 5.41) is 12.3. The van der Waals surface area contributed by atoms with Gasteiger partial charge in [-0.05, 0) is 24.6 Å². The van der Waals surface area contributed by atoms with Crippen molar-refractivity contribution in [2.45, 2.75) is 19.8 Å². The van der Waals surface area contributed by atoms with Crippen molar-refractivity contribution in [3.63, 3.8) is 0 Å². The van der Waals surface area contributed by atoms with E-state index < -0.39 is 0 Å². The van der Waals surface area contributed by atoms with Crippen LogP contribution in [-0.2, 0) is 17.6 Å². The number of thiazole rings is 1. The van der Waals surface area contributed by atoms with Crippen LogP contribution in [0, 0.1) is 12.7 Å². The number of aliphatic imine (C=N–C) groups is 1. The minimum atomic E-state index is -0.334. The lowest BCUT2D eigenvalue weighted by molar-refractivity contribution is -0.120. The predicted octanol–water partition coefficient (Wildman–Crippen LogP) is 1.66. The number of nitrogens with zero attached hydrogens (tertiary/aromatic N) is 2. The zero-order valence-corrected chi connectivity index (χ0v) is 15.8. The maximum atomic E-state index is 13.1. The highest BCUT2D eigenvalue weighted by atomic mass is 32.1. The minimum absolute atomic E-state index is 0.140. The Balaban J connectivity index is 1.60. The Kier molecular flexibility index (Phi) is 8.01. The molecule has 140 valence electrons. The van der Waals surface area contributed by atoms with E-state index in [1.807, 2.05) is 6.92 Å². The van der Waals surface area contributed by atoms with E-state index in [1.165, 1.54) is 12.1 Å². The molecule has 0 saturated carbocycles. The highest BCUT2D eigenvalue weighted by Gasteiger charge is 2.04. The van der Waals surface area contributed by atoms with E-state index in [2.05, 4.69) is 31.3 Å². The number of benzene rings is 1. The van der Waals surface area contributed by atoms with Crippen LogP contribution in [0.4, 0.5) is 4.39 Å². The number of hydrogen-bond acceptors (Lipinski definition) is 4. The van der Waals surface area contributed by atoms with Gasteiger partial charge in [0.15, 0.2) is 5.96 Å². The first-order chi connectivity index (χ1) is 12.6. The number of guanidine groups is 1. The zero-order valence-electron chi connectivity index (χ0n) is 15.0. The summed E-state index contributed by atoms with van der Waals surface area (Å²) >= 11 is 1.64. The summed E-state index contributed by atoms with van der Waals surface area (Å²) in [6, 6.07) is 6.06. The molecule has 0 aliphatic rings. The van der Waals surface area contributed by atoms with Gasteiger partial charge in [0.1, 0.15) is 5.82 Å². The van der Waals surface area contributed by atoms with Crippen molar-refractivity contribution in [1.29, 1.82) is 0 Å². The van der Waals surface area contributed by atoms with Crippen molar-refractivity contribution in [3.8, 4) is 0 Å². The first kappa shape index (κ1) is 19.8. The molecular formula is C18H24FN5OS. The number of rotatable bonds is 8. The second kappa shape index (κ2) is 10.5. The topological polar surface area (TPSA) is 78.4 Å². The van der Waals surface area contributed by atoms with Crippen LogP contribution >= 0.6 is 11.3 Å². The molecule has 1 heterocycles. The highest BCUT2D eigenvalue weighted by molar-refractivity contribution is 7.09. The summed E-state index contributed by atoms with van der Waals surface area (Å²) in [5.41, 5.74) is 1.73. The van der Waals surface area contributed by atoms with Crippen molar-refractivity contribution >= 4 is 23.2 Å². The molecule has 0 radical (unpaired) electrons. The lowest BCUT2D eigenvalue weighted by Gasteiger charge is -2.12. The van der Waals surface area contributed by atoms with Gasteiger partial charge in [0.05, 0.1) is 17.1 Å². The molecule has 0 fully saturated rings. The number of nitrogens with one attached hydrogen (secondary N) is 3. The number of carbonyl (C=O) groups excluding carboxylic acids is 1. The van der Waals surface area contributed by atoms with E-state index in [4.69, 9.17) is 0 Å². The third-order valence-electron chi connectivity index (χ3n) is 3.56. The average molecular weight is 377 g/mol. The van der Waals surface area contributed by atoms with Gasteiger partial charge in [0, 0.05) is 38.5 Å². The summed E-state index contributed by atoms with van der Waals surface area (Å²) in [7, 11) is 1.70. The fourth-order valence-electron chi connectivity index (χ4n) is 2.33. The molecule has 6 nitrogen and oxygen atoms in total. The van der Waals surface area contributed by atoms with Crippen LogP contribution in [0.3, 0.4) is 0 Å². The summed E-state index contributed by atoms with van der Waals surface area (Å²) in [4.78, 5) is 20.4. The number of aryl methyl sites for hydroxylation is 1. The zero-order chi connectivity index (χ0) is 18.8. The molecule has 2 rings (SSSR count). The Hall–Kier alpha value is -2.48. The molecule has 1 amide bonds. The average Bonchev–Trinajstić information content (AvgIpc) is 3.02. The molecule has 2 aromatic rings. The van der Waals surface area contributed by atoms with Crippen LogP contribution in [0.1, 0.15) is 16.3 Å². The summed E-state index contributed by atoms with van der Waals surface area (Å²) < 4.78 is 13.1. The number of halogens is 1. The van der Waals surface area contributed by atoms with Gasteiger partial charge in [0.2, 0.25) is 5.91 Å². The van der Waals surface area contributed by atoms with Crippen molar-refractivity contribution in [2.75, 3.05) is 26.7 Å². The van der Waals surface area contributed by atoms with Crippen molar-refractivity contribution in [3.05, 3.63) is 51.7 Å². The Morgan fingerprint density at radius 1 is 1.23 bits per heavy atom. The van der Waals surface area contributed by atoms with Gasteiger partial charge in [-0.25, -0.2) is 9.37 Å². The van der Waals surface area contributed by atoms with Gasteiger partial charge >= 0.3 is 0 Å². The van der Waals surface area contributed by atoms with E-state index in [9.17, 15) is 9.18 Å². The van der Waals surface area contributed by atoms with E-state index >= 15 is 0 Å². The normalized spacial score (nSPS) is 11.3. The molecule has 0 aliphatic heterocycles. The van der Waals surface area contributed by atoms with E-state index in [1.54, 1.807) is 30.5 Å². The Bertz CT molecular complexity index is 747. The molecule has 0 aliphatic carbocycles. The van der Waals surface area contributed by atoms with Crippen LogP contribution in [0.5, 0.6) is 0 Å². The molecule has 1 aromatic heterocycles. The molecular weight excluding hydrogens is 353 g/mol. The largest absolute Gasteiger partial charge is 0.356 e. The Labute approximate surface area is 157 Å². The molecule has 0 bridgehead atoms. The molecule has 3 N–H and O–H groups in total. The van der Waals surface area contributed by atoms with Gasteiger partial charge in [-0.2, -0.15) is 0 Å². The van der Waals surface area contributed by atoms with Crippen LogP contribution < -0.4 is 16.0 Å². The second-order valence-electron chi connectivity index (χ2n) is 5.69. The molecule has 1 aromatic carbocycles. The molecule has 0 saturated heterocycles. The fourth-order valence-corrected chi connectivity index (χ4v) is 2.98. The number of hydrogen-bond donors (Lipinski definition) is 3. The van der Waals surface area contributed by atoms with Crippen LogP contribution in [0.25, 0.3) is 0 Å². The molecule has 0 atom stereocenters. The monoisotopic (exact) mass is 377 g/mol. The first-order valence-corrected chi connectivity index (χ1v) is 9.31. The van der Waals surface area contributed by atoms with E-state index in [0.29, 0.717) is 24.6 Å². The Morgan fingerprint density at radius 2 is 2.00 bits per heavy atom. The second-order valence-corrected chi connectivity index (χ2v) is 6.75. The van der Waals surface area contributed by atoms with Gasteiger partial charge in [-0.1, -0.05) is 12.1 Å². The quantitative estimate of drug-likeness (QED) is 0.371. The summed E-state index contributed by atoms with van der Waals surface area (Å²) in [6.07, 6.45) is 0.993. The van der Waals surface area contributed by atoms with Crippen LogP contribution in [0.2, 0.25) is 0 Å².